The van der Waals surface area contributed by atoms with Gasteiger partial charge in [0.2, 0.25) is 0 Å². The van der Waals surface area contributed by atoms with Crippen LogP contribution in [-0.2, 0) is 0 Å². The molecule has 1 heterocycles. The maximum Gasteiger partial charge on any atom is 0.276 e. The van der Waals surface area contributed by atoms with Crippen LogP contribution >= 0.6 is 0 Å². The zero-order valence-corrected chi connectivity index (χ0v) is 15.5. The van der Waals surface area contributed by atoms with Crippen molar-refractivity contribution < 1.29 is 14.3 Å². The van der Waals surface area contributed by atoms with Gasteiger partial charge in [0.1, 0.15) is 17.2 Å². The van der Waals surface area contributed by atoms with Gasteiger partial charge in [-0.3, -0.25) is 4.79 Å². The standard InChI is InChI=1S/C21H21N3O3/c1-24(16-7-5-4-6-8-16)21(25)18-11-9-15(14-22-18)23-19-13-17(26-2)10-12-20(19)27-3/h4-14,23H,1-3H3. The molecule has 1 amide bonds. The normalized spacial score (nSPS) is 10.2. The third-order valence-electron chi connectivity index (χ3n) is 4.12. The van der Waals surface area contributed by atoms with E-state index in [9.17, 15) is 4.79 Å². The van der Waals surface area contributed by atoms with Gasteiger partial charge in [0.25, 0.3) is 5.91 Å². The number of carbonyl (C=O) groups excluding carboxylic acids is 1. The smallest absolute Gasteiger partial charge is 0.276 e. The first-order chi connectivity index (χ1) is 13.1. The molecule has 0 spiro atoms. The lowest BCUT2D eigenvalue weighted by molar-refractivity contribution is 0.0988. The van der Waals surface area contributed by atoms with Crippen LogP contribution in [0.15, 0.2) is 66.9 Å². The minimum atomic E-state index is -0.174. The Morgan fingerprint density at radius 1 is 1.00 bits per heavy atom. The minimum absolute atomic E-state index is 0.174. The number of carbonyl (C=O) groups is 1. The highest BCUT2D eigenvalue weighted by Gasteiger charge is 2.14. The molecule has 6 nitrogen and oxygen atoms in total. The molecule has 3 aromatic rings. The summed E-state index contributed by atoms with van der Waals surface area (Å²) < 4.78 is 10.6. The van der Waals surface area contributed by atoms with Gasteiger partial charge in [-0.1, -0.05) is 18.2 Å². The van der Waals surface area contributed by atoms with E-state index in [1.807, 2.05) is 48.5 Å². The van der Waals surface area contributed by atoms with Gasteiger partial charge in [0.05, 0.1) is 31.8 Å². The van der Waals surface area contributed by atoms with Gasteiger partial charge in [-0.25, -0.2) is 4.98 Å². The summed E-state index contributed by atoms with van der Waals surface area (Å²) in [5.74, 6) is 1.22. The quantitative estimate of drug-likeness (QED) is 0.714. The molecule has 0 saturated carbocycles. The van der Waals surface area contributed by atoms with Crippen LogP contribution in [0.25, 0.3) is 0 Å². The monoisotopic (exact) mass is 363 g/mol. The number of benzene rings is 2. The van der Waals surface area contributed by atoms with Crippen molar-refractivity contribution in [3.8, 4) is 11.5 Å². The Bertz CT molecular complexity index is 912. The van der Waals surface area contributed by atoms with Crippen LogP contribution in [0.2, 0.25) is 0 Å². The average molecular weight is 363 g/mol. The summed E-state index contributed by atoms with van der Waals surface area (Å²) in [4.78, 5) is 18.5. The second-order valence-electron chi connectivity index (χ2n) is 5.82. The maximum atomic E-state index is 12.6. The van der Waals surface area contributed by atoms with Crippen molar-refractivity contribution in [2.75, 3.05) is 31.5 Å². The van der Waals surface area contributed by atoms with Crippen molar-refractivity contribution in [2.24, 2.45) is 0 Å². The molecule has 0 aliphatic heterocycles. The topological polar surface area (TPSA) is 63.7 Å². The number of pyridine rings is 1. The first-order valence-electron chi connectivity index (χ1n) is 8.40. The molecule has 27 heavy (non-hydrogen) atoms. The summed E-state index contributed by atoms with van der Waals surface area (Å²) in [6, 6.07) is 18.4. The fourth-order valence-corrected chi connectivity index (χ4v) is 2.60. The molecule has 1 aromatic heterocycles. The average Bonchev–Trinajstić information content (AvgIpc) is 2.73. The predicted octanol–water partition coefficient (Wildman–Crippen LogP) is 4.12. The molecular formula is C21H21N3O3. The maximum absolute atomic E-state index is 12.6. The number of methoxy groups -OCH3 is 2. The van der Waals surface area contributed by atoms with Crippen LogP contribution in [0.4, 0.5) is 17.1 Å². The van der Waals surface area contributed by atoms with Crippen LogP contribution in [0.3, 0.4) is 0 Å². The van der Waals surface area contributed by atoms with Crippen molar-refractivity contribution in [1.82, 2.24) is 4.98 Å². The molecule has 0 atom stereocenters. The third-order valence-corrected chi connectivity index (χ3v) is 4.12. The van der Waals surface area contributed by atoms with Crippen LogP contribution < -0.4 is 19.7 Å². The summed E-state index contributed by atoms with van der Waals surface area (Å²) >= 11 is 0. The number of amides is 1. The first kappa shape index (κ1) is 18.3. The molecule has 1 N–H and O–H groups in total. The fourth-order valence-electron chi connectivity index (χ4n) is 2.60. The Morgan fingerprint density at radius 3 is 2.41 bits per heavy atom. The summed E-state index contributed by atoms with van der Waals surface area (Å²) in [6.45, 7) is 0. The summed E-state index contributed by atoms with van der Waals surface area (Å²) in [6.07, 6.45) is 1.62. The number of nitrogens with one attached hydrogen (secondary N) is 1. The number of hydrogen-bond acceptors (Lipinski definition) is 5. The van der Waals surface area contributed by atoms with Gasteiger partial charge in [0, 0.05) is 18.8 Å². The molecule has 0 unspecified atom stereocenters. The zero-order valence-electron chi connectivity index (χ0n) is 15.5. The highest BCUT2D eigenvalue weighted by atomic mass is 16.5. The van der Waals surface area contributed by atoms with Crippen molar-refractivity contribution in [1.29, 1.82) is 0 Å². The number of para-hydroxylation sites is 1. The van der Waals surface area contributed by atoms with Crippen LogP contribution in [0.1, 0.15) is 10.5 Å². The van der Waals surface area contributed by atoms with E-state index < -0.39 is 0 Å². The number of aromatic nitrogens is 1. The van der Waals surface area contributed by atoms with Gasteiger partial charge >= 0.3 is 0 Å². The van der Waals surface area contributed by atoms with Crippen molar-refractivity contribution in [3.05, 3.63) is 72.6 Å². The summed E-state index contributed by atoms with van der Waals surface area (Å²) in [5, 5.41) is 3.23. The predicted molar refractivity (Wildman–Crippen MR) is 106 cm³/mol. The van der Waals surface area contributed by atoms with E-state index in [1.54, 1.807) is 44.5 Å². The number of ether oxygens (including phenoxy) is 2. The van der Waals surface area contributed by atoms with Gasteiger partial charge in [0.15, 0.2) is 0 Å². The van der Waals surface area contributed by atoms with E-state index >= 15 is 0 Å². The Balaban J connectivity index is 1.77. The Hall–Kier alpha value is -3.54. The molecule has 0 aliphatic carbocycles. The zero-order chi connectivity index (χ0) is 19.2. The van der Waals surface area contributed by atoms with Crippen LogP contribution in [0, 0.1) is 0 Å². The molecule has 2 aromatic carbocycles. The third kappa shape index (κ3) is 4.17. The van der Waals surface area contributed by atoms with E-state index in [4.69, 9.17) is 9.47 Å². The number of rotatable bonds is 6. The Labute approximate surface area is 158 Å². The molecule has 0 saturated heterocycles. The molecular weight excluding hydrogens is 342 g/mol. The van der Waals surface area contributed by atoms with Crippen molar-refractivity contribution in [2.45, 2.75) is 0 Å². The minimum Gasteiger partial charge on any atom is -0.497 e. The molecule has 0 bridgehead atoms. The largest absolute Gasteiger partial charge is 0.497 e. The van der Waals surface area contributed by atoms with Crippen LogP contribution in [0.5, 0.6) is 11.5 Å². The highest BCUT2D eigenvalue weighted by molar-refractivity contribution is 6.04. The molecule has 138 valence electrons. The lowest BCUT2D eigenvalue weighted by Crippen LogP contribution is -2.26. The molecule has 0 radical (unpaired) electrons. The molecule has 3 rings (SSSR count). The van der Waals surface area contributed by atoms with Crippen molar-refractivity contribution >= 4 is 23.0 Å². The van der Waals surface area contributed by atoms with E-state index in [0.717, 1.165) is 17.1 Å². The highest BCUT2D eigenvalue weighted by Crippen LogP contribution is 2.31. The van der Waals surface area contributed by atoms with E-state index in [0.29, 0.717) is 17.2 Å². The number of anilines is 3. The Morgan fingerprint density at radius 2 is 1.78 bits per heavy atom. The van der Waals surface area contributed by atoms with E-state index in [2.05, 4.69) is 10.3 Å². The van der Waals surface area contributed by atoms with Gasteiger partial charge in [-0.05, 0) is 36.4 Å². The fraction of sp³-hybridized carbons (Fsp3) is 0.143. The molecule has 0 fully saturated rings. The lowest BCUT2D eigenvalue weighted by atomic mass is 10.2. The number of hydrogen-bond donors (Lipinski definition) is 1. The first-order valence-corrected chi connectivity index (χ1v) is 8.40. The number of nitrogens with zero attached hydrogens (tertiary/aromatic N) is 2. The van der Waals surface area contributed by atoms with E-state index in [1.165, 1.54) is 0 Å². The van der Waals surface area contributed by atoms with Gasteiger partial charge < -0.3 is 19.7 Å². The SMILES string of the molecule is COc1ccc(OC)c(Nc2ccc(C(=O)N(C)c3ccccc3)nc2)c1. The van der Waals surface area contributed by atoms with Crippen molar-refractivity contribution in [3.63, 3.8) is 0 Å². The Kier molecular flexibility index (Phi) is 5.56. The van der Waals surface area contributed by atoms with E-state index in [-0.39, 0.29) is 5.91 Å². The van der Waals surface area contributed by atoms with Gasteiger partial charge in [-0.2, -0.15) is 0 Å². The molecule has 6 heteroatoms. The second-order valence-corrected chi connectivity index (χ2v) is 5.82. The van der Waals surface area contributed by atoms with Crippen LogP contribution in [-0.4, -0.2) is 32.2 Å². The van der Waals surface area contributed by atoms with Gasteiger partial charge in [-0.15, -0.1) is 0 Å². The lowest BCUT2D eigenvalue weighted by Gasteiger charge is -2.17. The summed E-state index contributed by atoms with van der Waals surface area (Å²) in [5.41, 5.74) is 2.66. The summed E-state index contributed by atoms with van der Waals surface area (Å²) in [7, 11) is 4.94. The molecule has 0 aliphatic rings. The second kappa shape index (κ2) is 8.23.